The summed E-state index contributed by atoms with van der Waals surface area (Å²) < 4.78 is 49.7. The molecule has 2 fully saturated rings. The number of anilines is 1. The second kappa shape index (κ2) is 23.1. The Morgan fingerprint density at radius 2 is 1.46 bits per heavy atom. The highest BCUT2D eigenvalue weighted by Gasteiger charge is 2.52. The number of carbonyl (C=O) groups is 7. The Labute approximate surface area is 390 Å². The predicted octanol–water partition coefficient (Wildman–Crippen LogP) is 5.06. The number of nitrogens with zero attached hydrogens (tertiary/aromatic N) is 2. The third-order valence-electron chi connectivity index (χ3n) is 12.1. The summed E-state index contributed by atoms with van der Waals surface area (Å²) >= 11 is 0. The fourth-order valence-electron chi connectivity index (χ4n) is 8.51. The Hall–Kier alpha value is -6.41. The van der Waals surface area contributed by atoms with E-state index >= 15 is 0 Å². The van der Waals surface area contributed by atoms with E-state index in [-0.39, 0.29) is 73.8 Å². The second-order valence-electron chi connectivity index (χ2n) is 16.9. The summed E-state index contributed by atoms with van der Waals surface area (Å²) in [5, 5.41) is 16.3. The summed E-state index contributed by atoms with van der Waals surface area (Å²) in [5.74, 6) is -5.54. The van der Waals surface area contributed by atoms with E-state index in [4.69, 9.17) is 18.9 Å². The highest BCUT2D eigenvalue weighted by Crippen LogP contribution is 2.34. The average molecular weight is 944 g/mol. The summed E-state index contributed by atoms with van der Waals surface area (Å²) in [4.78, 5) is 94.5. The largest absolute Gasteiger partial charge is 0.490 e. The van der Waals surface area contributed by atoms with E-state index in [0.717, 1.165) is 62.0 Å². The number of Topliss-reactive ketones (excluding diaryl/α,β-unsaturated/α-hetero) is 1. The Morgan fingerprint density at radius 3 is 2.18 bits per heavy atom. The summed E-state index contributed by atoms with van der Waals surface area (Å²) in [6, 6.07) is 13.3. The molecule has 2 atom stereocenters. The number of aliphatic hydroxyl groups is 1. The number of halogens is 2. The molecule has 3 aliphatic heterocycles. The van der Waals surface area contributed by atoms with Gasteiger partial charge in [0.1, 0.15) is 30.0 Å². The first-order valence-corrected chi connectivity index (χ1v) is 23.0. The van der Waals surface area contributed by atoms with Crippen LogP contribution >= 0.6 is 0 Å². The number of unbranched alkanes of at least 4 members (excludes halogenated alkanes) is 6. The van der Waals surface area contributed by atoms with Crippen LogP contribution < -0.4 is 20.3 Å². The van der Waals surface area contributed by atoms with Crippen molar-refractivity contribution < 1.29 is 66.4 Å². The maximum Gasteiger partial charge on any atom is 0.268 e. The van der Waals surface area contributed by atoms with Crippen LogP contribution in [0, 0.1) is 11.6 Å². The number of nitrogens with one attached hydrogen (secondary N) is 3. The number of carbonyl (C=O) groups excluding carboxylic acids is 7. The molecule has 68 heavy (non-hydrogen) atoms. The van der Waals surface area contributed by atoms with Crippen LogP contribution in [0.25, 0.3) is 10.9 Å². The number of piperidine rings is 1. The molecule has 3 aromatic carbocycles. The molecule has 6 amide bonds. The maximum absolute atomic E-state index is 13.5. The number of hydrogen-bond donors (Lipinski definition) is 4. The van der Waals surface area contributed by atoms with Gasteiger partial charge in [-0.05, 0) is 73.4 Å². The summed E-state index contributed by atoms with van der Waals surface area (Å²) in [5.41, 5.74) is -0.333. The second-order valence-corrected chi connectivity index (χ2v) is 16.9. The van der Waals surface area contributed by atoms with Crippen LogP contribution in [0.1, 0.15) is 107 Å². The number of H-pyrrole nitrogens is 1. The van der Waals surface area contributed by atoms with Gasteiger partial charge in [0.15, 0.2) is 5.78 Å². The Bertz CT molecular complexity index is 2510. The smallest absolute Gasteiger partial charge is 0.268 e. The Kier molecular flexibility index (Phi) is 16.8. The molecule has 3 aliphatic rings. The number of hydrogen-bond acceptors (Lipinski definition) is 12. The van der Waals surface area contributed by atoms with Crippen molar-refractivity contribution in [1.82, 2.24) is 20.5 Å². The molecule has 4 aromatic rings. The number of fused-ring (bicyclic) bond motifs is 2. The molecular formula is C49H55F2N5O12. The Balaban J connectivity index is 0.683. The van der Waals surface area contributed by atoms with Gasteiger partial charge in [-0.15, -0.1) is 0 Å². The summed E-state index contributed by atoms with van der Waals surface area (Å²) in [6.45, 7) is 2.35. The fraction of sp³-hybridized carbons (Fsp3) is 0.449. The van der Waals surface area contributed by atoms with Crippen molar-refractivity contribution in [3.8, 4) is 5.75 Å². The van der Waals surface area contributed by atoms with E-state index in [9.17, 15) is 47.4 Å². The van der Waals surface area contributed by atoms with Crippen LogP contribution in [0.3, 0.4) is 0 Å². The number of imide groups is 2. The van der Waals surface area contributed by atoms with Crippen LogP contribution in [-0.2, 0) is 39.9 Å². The van der Waals surface area contributed by atoms with E-state index in [1.807, 2.05) is 0 Å². The molecule has 362 valence electrons. The lowest BCUT2D eigenvalue weighted by Gasteiger charge is -2.27. The first-order valence-electron chi connectivity index (χ1n) is 23.0. The van der Waals surface area contributed by atoms with Gasteiger partial charge in [0.25, 0.3) is 23.6 Å². The third kappa shape index (κ3) is 12.0. The molecule has 0 bridgehead atoms. The number of aromatic amines is 1. The summed E-state index contributed by atoms with van der Waals surface area (Å²) in [7, 11) is 0. The molecular weight excluding hydrogens is 889 g/mol. The van der Waals surface area contributed by atoms with Gasteiger partial charge in [-0.1, -0.05) is 38.2 Å². The van der Waals surface area contributed by atoms with Gasteiger partial charge in [0.05, 0.1) is 49.9 Å². The average Bonchev–Trinajstić information content (AvgIpc) is 3.96. The highest BCUT2D eigenvalue weighted by molar-refractivity contribution is 6.24. The molecule has 4 N–H and O–H groups in total. The lowest BCUT2D eigenvalue weighted by atomic mass is 10.0. The maximum atomic E-state index is 13.5. The number of aromatic nitrogens is 1. The third-order valence-corrected chi connectivity index (χ3v) is 12.1. The van der Waals surface area contributed by atoms with Gasteiger partial charge < -0.3 is 39.3 Å². The molecule has 0 saturated carbocycles. The van der Waals surface area contributed by atoms with Crippen molar-refractivity contribution in [1.29, 1.82) is 0 Å². The topological polar surface area (TPSA) is 223 Å². The van der Waals surface area contributed by atoms with Crippen molar-refractivity contribution >= 4 is 57.8 Å². The van der Waals surface area contributed by atoms with Crippen LogP contribution in [0.2, 0.25) is 0 Å². The molecule has 0 radical (unpaired) electrons. The van der Waals surface area contributed by atoms with Crippen molar-refractivity contribution in [3.63, 3.8) is 0 Å². The molecule has 17 nitrogen and oxygen atoms in total. The SMILES string of the molecule is O=C1CCC(N2C(=O)c3cccc(OCCOCCOCCOCCCCCCCCCC(=O)c4cc5cc(N6CCC(O)(C(=O)NCc7cc(F)cc(F)c7)C6=O)ccc5[nH]4)c3C2=O)C(=O)N1. The molecule has 2 unspecified atom stereocenters. The lowest BCUT2D eigenvalue weighted by Crippen LogP contribution is -2.54. The van der Waals surface area contributed by atoms with E-state index in [1.165, 1.54) is 11.0 Å². The standard InChI is InChI=1S/C49H55F2N5O12/c50-33-25-31(26-34(51)29-33)30-52-47(62)49(64)16-17-55(48(49)63)35-12-13-37-32(27-35)28-38(53-37)40(57)10-6-4-2-1-3-5-7-18-65-19-20-66-21-22-67-23-24-68-41-11-8-9-36-43(41)46(61)56(45(36)60)39-14-15-42(58)54-44(39)59/h8-9,11-13,25-29,39,53,64H,1-7,10,14-24,30H2,(H,52,62)(H,54,58,59). The van der Waals surface area contributed by atoms with Crippen molar-refractivity contribution in [2.75, 3.05) is 57.7 Å². The molecule has 1 aromatic heterocycles. The fourth-order valence-corrected chi connectivity index (χ4v) is 8.51. The first kappa shape index (κ1) is 49.5. The minimum atomic E-state index is -2.34. The number of amides is 6. The van der Waals surface area contributed by atoms with Crippen LogP contribution in [0.15, 0.2) is 60.7 Å². The molecule has 0 aliphatic carbocycles. The van der Waals surface area contributed by atoms with Crippen LogP contribution in [0.4, 0.5) is 14.5 Å². The van der Waals surface area contributed by atoms with Gasteiger partial charge in [-0.25, -0.2) is 8.78 Å². The molecule has 0 spiro atoms. The van der Waals surface area contributed by atoms with Crippen molar-refractivity contribution in [3.05, 3.63) is 94.7 Å². The van der Waals surface area contributed by atoms with Gasteiger partial charge >= 0.3 is 0 Å². The molecule has 7 rings (SSSR count). The number of rotatable bonds is 26. The molecule has 19 heteroatoms. The Morgan fingerprint density at radius 1 is 0.779 bits per heavy atom. The van der Waals surface area contributed by atoms with E-state index < -0.39 is 58.7 Å². The van der Waals surface area contributed by atoms with Gasteiger partial charge in [-0.3, -0.25) is 43.8 Å². The minimum Gasteiger partial charge on any atom is -0.490 e. The number of ether oxygens (including phenoxy) is 4. The highest BCUT2D eigenvalue weighted by atomic mass is 19.1. The first-order chi connectivity index (χ1) is 32.8. The van der Waals surface area contributed by atoms with Crippen LogP contribution in [-0.4, -0.2) is 121 Å². The van der Waals surface area contributed by atoms with E-state index in [2.05, 4.69) is 15.6 Å². The predicted molar refractivity (Wildman–Crippen MR) is 241 cm³/mol. The quantitative estimate of drug-likeness (QED) is 0.0281. The number of ketones is 1. The molecule has 4 heterocycles. The minimum absolute atomic E-state index is 0.0157. The van der Waals surface area contributed by atoms with Gasteiger partial charge in [0, 0.05) is 61.6 Å². The zero-order chi connectivity index (χ0) is 48.2. The van der Waals surface area contributed by atoms with Gasteiger partial charge in [-0.2, -0.15) is 0 Å². The van der Waals surface area contributed by atoms with Gasteiger partial charge in [0.2, 0.25) is 17.4 Å². The number of benzene rings is 3. The zero-order valence-corrected chi connectivity index (χ0v) is 37.6. The summed E-state index contributed by atoms with van der Waals surface area (Å²) in [6.07, 6.45) is 7.14. The van der Waals surface area contributed by atoms with Crippen molar-refractivity contribution in [2.24, 2.45) is 0 Å². The zero-order valence-electron chi connectivity index (χ0n) is 37.6. The van der Waals surface area contributed by atoms with Crippen molar-refractivity contribution in [2.45, 2.75) is 88.8 Å². The lowest BCUT2D eigenvalue weighted by molar-refractivity contribution is -0.149. The monoisotopic (exact) mass is 943 g/mol. The van der Waals surface area contributed by atoms with Crippen LogP contribution in [0.5, 0.6) is 5.75 Å². The van der Waals surface area contributed by atoms with E-state index in [1.54, 1.807) is 36.4 Å². The molecule has 2 saturated heterocycles. The van der Waals surface area contributed by atoms with E-state index in [0.29, 0.717) is 67.8 Å². The normalized spacial score (nSPS) is 18.2.